The fraction of sp³-hybridized carbons (Fsp3) is 0.182. The highest BCUT2D eigenvalue weighted by Crippen LogP contribution is 2.35. The van der Waals surface area contributed by atoms with Crippen LogP contribution in [0.25, 0.3) is 0 Å². The van der Waals surface area contributed by atoms with Gasteiger partial charge >= 0.3 is 0 Å². The third-order valence-electron chi connectivity index (χ3n) is 2.02. The molecule has 0 saturated heterocycles. The van der Waals surface area contributed by atoms with E-state index in [2.05, 4.69) is 4.98 Å². The van der Waals surface area contributed by atoms with Crippen LogP contribution in [0.1, 0.15) is 4.88 Å². The van der Waals surface area contributed by atoms with Crippen molar-refractivity contribution in [3.05, 3.63) is 34.3 Å². The zero-order valence-corrected chi connectivity index (χ0v) is 11.4. The summed E-state index contributed by atoms with van der Waals surface area (Å²) in [4.78, 5) is 5.90. The van der Waals surface area contributed by atoms with E-state index in [1.807, 2.05) is 24.3 Å². The first-order valence-electron chi connectivity index (χ1n) is 4.81. The summed E-state index contributed by atoms with van der Waals surface area (Å²) in [6.45, 7) is -0.0742. The fourth-order valence-corrected chi connectivity index (χ4v) is 3.54. The highest BCUT2D eigenvalue weighted by atomic mass is 35.5. The lowest BCUT2D eigenvalue weighted by Crippen LogP contribution is -1.81. The quantitative estimate of drug-likeness (QED) is 0.935. The van der Waals surface area contributed by atoms with Crippen LogP contribution in [0, 0.1) is 0 Å². The monoisotopic (exact) mass is 287 g/mol. The maximum Gasteiger partial charge on any atom is 0.156 e. The van der Waals surface area contributed by atoms with Gasteiger partial charge in [0.05, 0.1) is 18.6 Å². The molecule has 0 unspecified atom stereocenters. The molecule has 0 fully saturated rings. The van der Waals surface area contributed by atoms with Crippen molar-refractivity contribution in [2.24, 2.45) is 0 Å². The lowest BCUT2D eigenvalue weighted by molar-refractivity contribution is 0.285. The summed E-state index contributed by atoms with van der Waals surface area (Å²) < 4.78 is 5.96. The minimum absolute atomic E-state index is 0.0742. The van der Waals surface area contributed by atoms with E-state index in [9.17, 15) is 0 Å². The van der Waals surface area contributed by atoms with Crippen molar-refractivity contribution in [1.29, 1.82) is 0 Å². The van der Waals surface area contributed by atoms with Crippen molar-refractivity contribution < 1.29 is 9.84 Å². The molecule has 6 heteroatoms. The van der Waals surface area contributed by atoms with Gasteiger partial charge in [0.2, 0.25) is 0 Å². The Labute approximate surface area is 112 Å². The minimum Gasteiger partial charge on any atom is -0.497 e. The zero-order valence-electron chi connectivity index (χ0n) is 9.01. The summed E-state index contributed by atoms with van der Waals surface area (Å²) in [7, 11) is 1.63. The molecule has 2 rings (SSSR count). The lowest BCUT2D eigenvalue weighted by Gasteiger charge is -2.01. The molecule has 1 heterocycles. The molecule has 0 aliphatic heterocycles. The first-order chi connectivity index (χ1) is 8.22. The van der Waals surface area contributed by atoms with Crippen LogP contribution in [-0.4, -0.2) is 17.2 Å². The highest BCUT2D eigenvalue weighted by Gasteiger charge is 2.09. The predicted octanol–water partition coefficient (Wildman–Crippen LogP) is 3.45. The highest BCUT2D eigenvalue weighted by molar-refractivity contribution is 8.01. The number of aliphatic hydroxyl groups is 1. The summed E-state index contributed by atoms with van der Waals surface area (Å²) in [6.07, 6.45) is 0. The molecule has 1 aromatic carbocycles. The number of benzene rings is 1. The molecule has 0 radical (unpaired) electrons. The summed E-state index contributed by atoms with van der Waals surface area (Å²) in [5.74, 6) is 0.806. The SMILES string of the molecule is COc1cccc(Sc2nc(Cl)c(CO)s2)c1. The molecule has 2 aromatic rings. The second-order valence-electron chi connectivity index (χ2n) is 3.13. The van der Waals surface area contributed by atoms with E-state index < -0.39 is 0 Å². The number of hydrogen-bond acceptors (Lipinski definition) is 5. The van der Waals surface area contributed by atoms with Crippen LogP contribution in [0.4, 0.5) is 0 Å². The normalized spacial score (nSPS) is 10.5. The topological polar surface area (TPSA) is 42.4 Å². The van der Waals surface area contributed by atoms with Gasteiger partial charge in [-0.1, -0.05) is 29.4 Å². The van der Waals surface area contributed by atoms with Crippen molar-refractivity contribution in [2.45, 2.75) is 15.8 Å². The van der Waals surface area contributed by atoms with E-state index >= 15 is 0 Å². The van der Waals surface area contributed by atoms with Gasteiger partial charge in [-0.15, -0.1) is 11.3 Å². The Kier molecular flexibility index (Phi) is 4.28. The molecule has 1 N–H and O–H groups in total. The smallest absolute Gasteiger partial charge is 0.156 e. The number of aliphatic hydroxyl groups excluding tert-OH is 1. The second-order valence-corrected chi connectivity index (χ2v) is 5.90. The Balaban J connectivity index is 2.18. The molecule has 0 bridgehead atoms. The van der Waals surface area contributed by atoms with Gasteiger partial charge in [-0.2, -0.15) is 0 Å². The number of rotatable bonds is 4. The first kappa shape index (κ1) is 12.7. The number of nitrogens with zero attached hydrogens (tertiary/aromatic N) is 1. The Morgan fingerprint density at radius 3 is 3.00 bits per heavy atom. The Morgan fingerprint density at radius 2 is 2.35 bits per heavy atom. The van der Waals surface area contributed by atoms with Crippen molar-refractivity contribution in [3.63, 3.8) is 0 Å². The molecule has 0 aliphatic carbocycles. The van der Waals surface area contributed by atoms with Crippen LogP contribution in [-0.2, 0) is 6.61 Å². The predicted molar refractivity (Wildman–Crippen MR) is 70.2 cm³/mol. The summed E-state index contributed by atoms with van der Waals surface area (Å²) in [6, 6.07) is 7.71. The number of hydrogen-bond donors (Lipinski definition) is 1. The van der Waals surface area contributed by atoms with Gasteiger partial charge in [0.15, 0.2) is 4.34 Å². The van der Waals surface area contributed by atoms with Crippen LogP contribution < -0.4 is 4.74 Å². The van der Waals surface area contributed by atoms with Crippen molar-refractivity contribution in [2.75, 3.05) is 7.11 Å². The number of halogens is 1. The average Bonchev–Trinajstić information content (AvgIpc) is 2.69. The van der Waals surface area contributed by atoms with E-state index in [1.165, 1.54) is 23.1 Å². The third-order valence-corrected chi connectivity index (χ3v) is 4.54. The zero-order chi connectivity index (χ0) is 12.3. The van der Waals surface area contributed by atoms with Crippen molar-refractivity contribution in [3.8, 4) is 5.75 Å². The maximum atomic E-state index is 9.04. The molecule has 0 spiro atoms. The second kappa shape index (κ2) is 5.73. The number of ether oxygens (including phenoxy) is 1. The largest absolute Gasteiger partial charge is 0.497 e. The van der Waals surface area contributed by atoms with E-state index in [0.29, 0.717) is 10.0 Å². The lowest BCUT2D eigenvalue weighted by atomic mass is 10.3. The number of methoxy groups -OCH3 is 1. The molecule has 17 heavy (non-hydrogen) atoms. The summed E-state index contributed by atoms with van der Waals surface area (Å²) >= 11 is 8.77. The van der Waals surface area contributed by atoms with Crippen LogP contribution >= 0.6 is 34.7 Å². The Bertz CT molecular complexity index is 516. The Morgan fingerprint density at radius 1 is 1.53 bits per heavy atom. The van der Waals surface area contributed by atoms with Gasteiger partial charge in [0.1, 0.15) is 10.9 Å². The van der Waals surface area contributed by atoms with Gasteiger partial charge < -0.3 is 9.84 Å². The summed E-state index contributed by atoms with van der Waals surface area (Å²) in [5, 5.41) is 9.41. The molecule has 0 amide bonds. The van der Waals surface area contributed by atoms with Gasteiger partial charge in [0, 0.05) is 4.90 Å². The van der Waals surface area contributed by atoms with Crippen molar-refractivity contribution in [1.82, 2.24) is 4.98 Å². The van der Waals surface area contributed by atoms with Gasteiger partial charge in [-0.3, -0.25) is 0 Å². The molecular weight excluding hydrogens is 278 g/mol. The molecule has 0 aliphatic rings. The third kappa shape index (κ3) is 3.13. The number of thiazole rings is 1. The van der Waals surface area contributed by atoms with Crippen LogP contribution in [0.3, 0.4) is 0 Å². The Hall–Kier alpha value is -0.750. The fourth-order valence-electron chi connectivity index (χ4n) is 1.22. The van der Waals surface area contributed by atoms with Gasteiger partial charge in [-0.05, 0) is 18.2 Å². The van der Waals surface area contributed by atoms with E-state index in [-0.39, 0.29) is 6.61 Å². The molecule has 3 nitrogen and oxygen atoms in total. The van der Waals surface area contributed by atoms with E-state index in [1.54, 1.807) is 7.11 Å². The standard InChI is InChI=1S/C11H10ClNO2S2/c1-15-7-3-2-4-8(5-7)16-11-13-10(12)9(6-14)17-11/h2-5,14H,6H2,1H3. The van der Waals surface area contributed by atoms with E-state index in [0.717, 1.165) is 15.0 Å². The molecule has 90 valence electrons. The molecular formula is C11H10ClNO2S2. The van der Waals surface area contributed by atoms with E-state index in [4.69, 9.17) is 21.4 Å². The molecule has 0 atom stereocenters. The first-order valence-corrected chi connectivity index (χ1v) is 6.82. The number of aromatic nitrogens is 1. The van der Waals surface area contributed by atoms with Crippen molar-refractivity contribution >= 4 is 34.7 Å². The van der Waals surface area contributed by atoms with Gasteiger partial charge in [-0.25, -0.2) is 4.98 Å². The van der Waals surface area contributed by atoms with Gasteiger partial charge in [0.25, 0.3) is 0 Å². The van der Waals surface area contributed by atoms with Crippen LogP contribution in [0.5, 0.6) is 5.75 Å². The molecule has 0 saturated carbocycles. The summed E-state index contributed by atoms with van der Waals surface area (Å²) in [5.41, 5.74) is 0. The van der Waals surface area contributed by atoms with Crippen LogP contribution in [0.2, 0.25) is 5.15 Å². The van der Waals surface area contributed by atoms with Crippen LogP contribution in [0.15, 0.2) is 33.5 Å². The molecule has 1 aromatic heterocycles. The maximum absolute atomic E-state index is 9.04. The minimum atomic E-state index is -0.0742. The average molecular weight is 288 g/mol.